The number of thiazole rings is 1. The van der Waals surface area contributed by atoms with Crippen LogP contribution in [0.5, 0.6) is 5.75 Å². The van der Waals surface area contributed by atoms with E-state index in [1.807, 2.05) is 18.2 Å². The molecule has 0 bridgehead atoms. The molecule has 1 aliphatic rings. The summed E-state index contributed by atoms with van der Waals surface area (Å²) in [6, 6.07) is 11.7. The van der Waals surface area contributed by atoms with Gasteiger partial charge in [0.05, 0.1) is 5.69 Å². The number of ether oxygens (including phenoxy) is 2. The fourth-order valence-corrected chi connectivity index (χ4v) is 3.94. The summed E-state index contributed by atoms with van der Waals surface area (Å²) in [6.45, 7) is -0.699. The van der Waals surface area contributed by atoms with Crippen LogP contribution in [0.15, 0.2) is 47.8 Å². The molecule has 6 nitrogen and oxygen atoms in total. The number of carbonyl (C=O) groups excluding carboxylic acids is 2. The molecule has 0 fully saturated rings. The van der Waals surface area contributed by atoms with Crippen molar-refractivity contribution in [3.05, 3.63) is 64.8 Å². The van der Waals surface area contributed by atoms with Crippen LogP contribution in [0.25, 0.3) is 11.3 Å². The van der Waals surface area contributed by atoms with Crippen LogP contribution in [0.3, 0.4) is 0 Å². The van der Waals surface area contributed by atoms with Crippen molar-refractivity contribution in [2.45, 2.75) is 19.3 Å². The highest BCUT2D eigenvalue weighted by Crippen LogP contribution is 2.26. The number of halogens is 1. The minimum atomic E-state index is -0.628. The molecule has 3 aromatic rings. The molecule has 0 saturated heterocycles. The van der Waals surface area contributed by atoms with E-state index in [1.165, 1.54) is 34.6 Å². The van der Waals surface area contributed by atoms with Gasteiger partial charge in [-0.25, -0.2) is 14.2 Å². The Morgan fingerprint density at radius 3 is 2.70 bits per heavy atom. The van der Waals surface area contributed by atoms with Gasteiger partial charge in [0.15, 0.2) is 18.3 Å². The maximum absolute atomic E-state index is 13.0. The zero-order valence-corrected chi connectivity index (χ0v) is 16.8. The van der Waals surface area contributed by atoms with Crippen molar-refractivity contribution in [1.29, 1.82) is 0 Å². The van der Waals surface area contributed by atoms with Crippen LogP contribution >= 0.6 is 11.3 Å². The van der Waals surface area contributed by atoms with E-state index in [9.17, 15) is 14.0 Å². The maximum atomic E-state index is 13.0. The molecule has 0 radical (unpaired) electrons. The molecule has 1 aliphatic carbocycles. The first-order valence-corrected chi connectivity index (χ1v) is 10.4. The lowest BCUT2D eigenvalue weighted by molar-refractivity contribution is -0.149. The predicted octanol–water partition coefficient (Wildman–Crippen LogP) is 4.00. The van der Waals surface area contributed by atoms with E-state index in [-0.39, 0.29) is 12.4 Å². The topological polar surface area (TPSA) is 77.5 Å². The molecule has 0 atom stereocenters. The fourth-order valence-electron chi connectivity index (χ4n) is 3.21. The molecule has 1 N–H and O–H groups in total. The number of anilines is 1. The third kappa shape index (κ3) is 5.01. The Bertz CT molecular complexity index is 1070. The van der Waals surface area contributed by atoms with Gasteiger partial charge in [-0.1, -0.05) is 6.07 Å². The summed E-state index contributed by atoms with van der Waals surface area (Å²) in [4.78, 5) is 28.1. The molecule has 1 aromatic heterocycles. The summed E-state index contributed by atoms with van der Waals surface area (Å²) in [7, 11) is 0. The monoisotopic (exact) mass is 426 g/mol. The van der Waals surface area contributed by atoms with Gasteiger partial charge >= 0.3 is 5.97 Å². The van der Waals surface area contributed by atoms with Crippen molar-refractivity contribution < 1.29 is 23.5 Å². The molecule has 0 saturated carbocycles. The van der Waals surface area contributed by atoms with E-state index in [4.69, 9.17) is 9.47 Å². The van der Waals surface area contributed by atoms with Gasteiger partial charge in [0.2, 0.25) is 0 Å². The van der Waals surface area contributed by atoms with Crippen LogP contribution in [-0.4, -0.2) is 30.1 Å². The molecule has 0 spiro atoms. The zero-order valence-electron chi connectivity index (χ0n) is 16.0. The van der Waals surface area contributed by atoms with Crippen molar-refractivity contribution >= 4 is 28.3 Å². The van der Waals surface area contributed by atoms with Gasteiger partial charge in [-0.2, -0.15) is 0 Å². The molecule has 0 unspecified atom stereocenters. The van der Waals surface area contributed by atoms with E-state index in [0.29, 0.717) is 16.6 Å². The Morgan fingerprint density at radius 1 is 1.07 bits per heavy atom. The number of aryl methyl sites for hydroxylation is 2. The lowest BCUT2D eigenvalue weighted by Gasteiger charge is -2.08. The molecule has 4 rings (SSSR count). The van der Waals surface area contributed by atoms with Crippen LogP contribution in [0, 0.1) is 5.82 Å². The smallest absolute Gasteiger partial charge is 0.344 e. The molecule has 0 aliphatic heterocycles. The lowest BCUT2D eigenvalue weighted by Crippen LogP contribution is -2.23. The predicted molar refractivity (Wildman–Crippen MR) is 111 cm³/mol. The quantitative estimate of drug-likeness (QED) is 0.578. The minimum absolute atomic E-state index is 0.266. The van der Waals surface area contributed by atoms with Gasteiger partial charge in [-0.15, -0.1) is 11.3 Å². The number of amides is 1. The van der Waals surface area contributed by atoms with Gasteiger partial charge in [-0.3, -0.25) is 10.1 Å². The summed E-state index contributed by atoms with van der Waals surface area (Å²) in [5.41, 5.74) is 3.94. The largest absolute Gasteiger partial charge is 0.482 e. The number of rotatable bonds is 7. The third-order valence-corrected chi connectivity index (χ3v) is 5.44. The van der Waals surface area contributed by atoms with Crippen molar-refractivity contribution in [3.8, 4) is 17.0 Å². The Morgan fingerprint density at radius 2 is 1.87 bits per heavy atom. The Labute approximate surface area is 176 Å². The van der Waals surface area contributed by atoms with E-state index < -0.39 is 18.5 Å². The highest BCUT2D eigenvalue weighted by Gasteiger charge is 2.14. The molecule has 30 heavy (non-hydrogen) atoms. The number of nitrogens with one attached hydrogen (secondary N) is 1. The first kappa shape index (κ1) is 20.0. The molecular weight excluding hydrogens is 407 g/mol. The number of benzene rings is 2. The molecule has 8 heteroatoms. The average molecular weight is 426 g/mol. The average Bonchev–Trinajstić information content (AvgIpc) is 3.40. The second kappa shape index (κ2) is 9.04. The summed E-state index contributed by atoms with van der Waals surface area (Å²) in [5, 5.41) is 4.69. The van der Waals surface area contributed by atoms with Crippen molar-refractivity contribution in [2.24, 2.45) is 0 Å². The van der Waals surface area contributed by atoms with E-state index in [2.05, 4.69) is 10.3 Å². The highest BCUT2D eigenvalue weighted by atomic mass is 32.1. The van der Waals surface area contributed by atoms with Crippen LogP contribution < -0.4 is 10.1 Å². The van der Waals surface area contributed by atoms with E-state index >= 15 is 0 Å². The zero-order chi connectivity index (χ0) is 20.9. The van der Waals surface area contributed by atoms with Gasteiger partial charge in [0.1, 0.15) is 11.6 Å². The number of hydrogen-bond acceptors (Lipinski definition) is 6. The second-order valence-corrected chi connectivity index (χ2v) is 7.68. The molecule has 1 amide bonds. The highest BCUT2D eigenvalue weighted by molar-refractivity contribution is 7.14. The molecule has 2 aromatic carbocycles. The van der Waals surface area contributed by atoms with Gasteiger partial charge in [0.25, 0.3) is 5.91 Å². The van der Waals surface area contributed by atoms with Gasteiger partial charge < -0.3 is 9.47 Å². The molecule has 1 heterocycles. The van der Waals surface area contributed by atoms with Crippen LogP contribution in [0.4, 0.5) is 9.52 Å². The Kier molecular flexibility index (Phi) is 6.04. The van der Waals surface area contributed by atoms with Crippen LogP contribution in [-0.2, 0) is 27.2 Å². The third-order valence-electron chi connectivity index (χ3n) is 4.68. The minimum Gasteiger partial charge on any atom is -0.482 e. The van der Waals surface area contributed by atoms with E-state index in [1.54, 1.807) is 17.5 Å². The number of hydrogen-bond donors (Lipinski definition) is 1. The lowest BCUT2D eigenvalue weighted by atomic mass is 10.1. The van der Waals surface area contributed by atoms with Gasteiger partial charge in [0, 0.05) is 10.9 Å². The standard InChI is InChI=1S/C22H19FN2O4S/c23-17-7-4-15(5-8-17)19-13-30-22(24-19)25-20(26)11-29-21(27)12-28-18-9-6-14-2-1-3-16(14)10-18/h4-10,13H,1-3,11-12H2,(H,24,25,26). The summed E-state index contributed by atoms with van der Waals surface area (Å²) >= 11 is 1.23. The fraction of sp³-hybridized carbons (Fsp3) is 0.227. The van der Waals surface area contributed by atoms with Crippen molar-refractivity contribution in [2.75, 3.05) is 18.5 Å². The van der Waals surface area contributed by atoms with Crippen LogP contribution in [0.2, 0.25) is 0 Å². The maximum Gasteiger partial charge on any atom is 0.344 e. The normalized spacial score (nSPS) is 12.3. The number of esters is 1. The summed E-state index contributed by atoms with van der Waals surface area (Å²) in [5.74, 6) is -0.838. The first-order valence-electron chi connectivity index (χ1n) is 9.48. The summed E-state index contributed by atoms with van der Waals surface area (Å²) < 4.78 is 23.4. The van der Waals surface area contributed by atoms with Crippen molar-refractivity contribution in [1.82, 2.24) is 4.98 Å². The number of nitrogens with zero attached hydrogens (tertiary/aromatic N) is 1. The van der Waals surface area contributed by atoms with Gasteiger partial charge in [-0.05, 0) is 66.8 Å². The summed E-state index contributed by atoms with van der Waals surface area (Å²) in [6.07, 6.45) is 3.24. The van der Waals surface area contributed by atoms with Crippen LogP contribution in [0.1, 0.15) is 17.5 Å². The van der Waals surface area contributed by atoms with E-state index in [0.717, 1.165) is 24.8 Å². The molecule has 154 valence electrons. The number of fused-ring (bicyclic) bond motifs is 1. The first-order chi connectivity index (χ1) is 14.6. The Hall–Kier alpha value is -3.26. The molecular formula is C22H19FN2O4S. The number of aromatic nitrogens is 1. The SMILES string of the molecule is O=C(COC(=O)COc1ccc2c(c1)CCC2)Nc1nc(-c2ccc(F)cc2)cs1. The van der Waals surface area contributed by atoms with Crippen molar-refractivity contribution in [3.63, 3.8) is 0 Å². The second-order valence-electron chi connectivity index (χ2n) is 6.83. The number of carbonyl (C=O) groups is 2. The Balaban J connectivity index is 1.22.